The lowest BCUT2D eigenvalue weighted by molar-refractivity contribution is -0.140. The molecule has 0 aromatic carbocycles. The highest BCUT2D eigenvalue weighted by atomic mass is 32.1. The van der Waals surface area contributed by atoms with Crippen LogP contribution in [0.2, 0.25) is 0 Å². The summed E-state index contributed by atoms with van der Waals surface area (Å²) in [4.78, 5) is 13.8. The van der Waals surface area contributed by atoms with Crippen molar-refractivity contribution in [3.8, 4) is 0 Å². The summed E-state index contributed by atoms with van der Waals surface area (Å²) in [5.41, 5.74) is 1.22. The van der Waals surface area contributed by atoms with E-state index in [1.807, 2.05) is 20.8 Å². The molecule has 1 heterocycles. The maximum Gasteiger partial charge on any atom is 0.320 e. The van der Waals surface area contributed by atoms with Gasteiger partial charge in [-0.05, 0) is 44.7 Å². The second-order valence-corrected chi connectivity index (χ2v) is 6.74. The smallest absolute Gasteiger partial charge is 0.320 e. The predicted octanol–water partition coefficient (Wildman–Crippen LogP) is 3.51. The molecule has 0 amide bonds. The van der Waals surface area contributed by atoms with E-state index < -0.39 is 12.0 Å². The van der Waals surface area contributed by atoms with Crippen molar-refractivity contribution in [1.82, 2.24) is 5.32 Å². The van der Waals surface area contributed by atoms with E-state index in [0.717, 1.165) is 0 Å². The van der Waals surface area contributed by atoms with Crippen LogP contribution in [0.1, 0.15) is 48.6 Å². The normalized spacial score (nSPS) is 14.8. The summed E-state index contributed by atoms with van der Waals surface area (Å²) >= 11 is 1.76. The van der Waals surface area contributed by atoms with Crippen molar-refractivity contribution in [3.63, 3.8) is 0 Å². The summed E-state index contributed by atoms with van der Waals surface area (Å²) in [7, 11) is 0. The molecule has 0 aliphatic rings. The average molecular weight is 269 g/mol. The second-order valence-electron chi connectivity index (χ2n) is 5.28. The Hall–Kier alpha value is -0.870. The first-order chi connectivity index (χ1) is 8.31. The molecule has 2 unspecified atom stereocenters. The molecule has 3 nitrogen and oxygen atoms in total. The summed E-state index contributed by atoms with van der Waals surface area (Å²) in [5.74, 6) is -0.392. The maximum atomic E-state index is 11.2. The Bertz CT molecular complexity index is 412. The highest BCUT2D eigenvalue weighted by Crippen LogP contribution is 2.26. The fourth-order valence-corrected chi connectivity index (χ4v) is 3.21. The van der Waals surface area contributed by atoms with E-state index in [4.69, 9.17) is 0 Å². The molecule has 0 saturated heterocycles. The highest BCUT2D eigenvalue weighted by Gasteiger charge is 2.22. The molecule has 1 aromatic heterocycles. The lowest BCUT2D eigenvalue weighted by Crippen LogP contribution is -2.39. The maximum absolute atomic E-state index is 11.2. The van der Waals surface area contributed by atoms with Crippen LogP contribution in [0.4, 0.5) is 0 Å². The van der Waals surface area contributed by atoms with Gasteiger partial charge in [-0.1, -0.05) is 13.8 Å². The molecule has 0 spiro atoms. The lowest BCUT2D eigenvalue weighted by Gasteiger charge is -2.21. The molecule has 18 heavy (non-hydrogen) atoms. The number of nitrogens with one attached hydrogen (secondary N) is 1. The van der Waals surface area contributed by atoms with Crippen molar-refractivity contribution < 1.29 is 9.90 Å². The zero-order valence-electron chi connectivity index (χ0n) is 11.8. The molecule has 2 N–H and O–H groups in total. The molecule has 0 radical (unpaired) electrons. The molecule has 1 aromatic rings. The lowest BCUT2D eigenvalue weighted by atomic mass is 10.0. The fraction of sp³-hybridized carbons (Fsp3) is 0.643. The summed E-state index contributed by atoms with van der Waals surface area (Å²) < 4.78 is 0. The SMILES string of the molecule is Cc1cc(C(C)NC(CC(C)C)C(=O)O)c(C)s1. The van der Waals surface area contributed by atoms with Crippen molar-refractivity contribution in [2.24, 2.45) is 5.92 Å². The van der Waals surface area contributed by atoms with Crippen LogP contribution in [0, 0.1) is 19.8 Å². The molecule has 4 heteroatoms. The number of thiophene rings is 1. The fourth-order valence-electron chi connectivity index (χ4n) is 2.18. The van der Waals surface area contributed by atoms with E-state index in [-0.39, 0.29) is 6.04 Å². The van der Waals surface area contributed by atoms with Gasteiger partial charge >= 0.3 is 5.97 Å². The van der Waals surface area contributed by atoms with Crippen LogP contribution in [0.25, 0.3) is 0 Å². The minimum atomic E-state index is -0.764. The Balaban J connectivity index is 2.75. The first-order valence-corrected chi connectivity index (χ1v) is 7.18. The van der Waals surface area contributed by atoms with E-state index in [1.165, 1.54) is 15.3 Å². The van der Waals surface area contributed by atoms with Gasteiger partial charge in [0, 0.05) is 15.8 Å². The van der Waals surface area contributed by atoms with E-state index in [9.17, 15) is 9.90 Å². The first-order valence-electron chi connectivity index (χ1n) is 6.37. The van der Waals surface area contributed by atoms with Gasteiger partial charge in [-0.15, -0.1) is 11.3 Å². The monoisotopic (exact) mass is 269 g/mol. The Morgan fingerprint density at radius 1 is 1.39 bits per heavy atom. The number of hydrogen-bond acceptors (Lipinski definition) is 3. The summed E-state index contributed by atoms with van der Waals surface area (Å²) in [6.45, 7) is 10.3. The van der Waals surface area contributed by atoms with Crippen LogP contribution in [0.15, 0.2) is 6.07 Å². The summed E-state index contributed by atoms with van der Waals surface area (Å²) in [6, 6.07) is 1.75. The summed E-state index contributed by atoms with van der Waals surface area (Å²) in [5, 5.41) is 12.5. The molecule has 0 bridgehead atoms. The number of carbonyl (C=O) groups is 1. The van der Waals surface area contributed by atoms with Crippen LogP contribution in [0.5, 0.6) is 0 Å². The van der Waals surface area contributed by atoms with Gasteiger partial charge in [0.1, 0.15) is 6.04 Å². The number of hydrogen-bond donors (Lipinski definition) is 2. The third-order valence-corrected chi connectivity index (χ3v) is 3.98. The van der Waals surface area contributed by atoms with Gasteiger partial charge in [-0.3, -0.25) is 10.1 Å². The molecule has 1 rings (SSSR count). The topological polar surface area (TPSA) is 49.3 Å². The van der Waals surface area contributed by atoms with Gasteiger partial charge in [0.05, 0.1) is 0 Å². The molecule has 0 saturated carbocycles. The van der Waals surface area contributed by atoms with Gasteiger partial charge < -0.3 is 5.11 Å². The molecular weight excluding hydrogens is 246 g/mol. The van der Waals surface area contributed by atoms with Crippen LogP contribution < -0.4 is 5.32 Å². The van der Waals surface area contributed by atoms with Gasteiger partial charge in [0.15, 0.2) is 0 Å². The van der Waals surface area contributed by atoms with E-state index in [1.54, 1.807) is 11.3 Å². The number of aryl methyl sites for hydroxylation is 2. The molecule has 2 atom stereocenters. The largest absolute Gasteiger partial charge is 0.480 e. The molecule has 0 aliphatic carbocycles. The zero-order chi connectivity index (χ0) is 13.9. The van der Waals surface area contributed by atoms with Crippen molar-refractivity contribution in [2.45, 2.75) is 53.1 Å². The predicted molar refractivity (Wildman–Crippen MR) is 76.2 cm³/mol. The minimum absolute atomic E-state index is 0.0785. The number of aliphatic carboxylic acids is 1. The van der Waals surface area contributed by atoms with Crippen LogP contribution in [0.3, 0.4) is 0 Å². The minimum Gasteiger partial charge on any atom is -0.480 e. The Morgan fingerprint density at radius 2 is 2.00 bits per heavy atom. The quantitative estimate of drug-likeness (QED) is 0.831. The molecular formula is C14H23NO2S. The second kappa shape index (κ2) is 6.34. The van der Waals surface area contributed by atoms with Crippen LogP contribution in [-0.2, 0) is 4.79 Å². The van der Waals surface area contributed by atoms with Gasteiger partial charge in [-0.2, -0.15) is 0 Å². The van der Waals surface area contributed by atoms with Crippen molar-refractivity contribution in [3.05, 3.63) is 21.4 Å². The zero-order valence-corrected chi connectivity index (χ0v) is 12.6. The van der Waals surface area contributed by atoms with Crippen molar-refractivity contribution >= 4 is 17.3 Å². The molecule has 0 aliphatic heterocycles. The van der Waals surface area contributed by atoms with Gasteiger partial charge in [-0.25, -0.2) is 0 Å². The molecule has 102 valence electrons. The highest BCUT2D eigenvalue weighted by molar-refractivity contribution is 7.12. The van der Waals surface area contributed by atoms with Crippen LogP contribution >= 0.6 is 11.3 Å². The number of carboxylic acids is 1. The van der Waals surface area contributed by atoms with Crippen molar-refractivity contribution in [1.29, 1.82) is 0 Å². The van der Waals surface area contributed by atoms with E-state index >= 15 is 0 Å². The third-order valence-electron chi connectivity index (χ3n) is 3.00. The Labute approximate surface area is 113 Å². The average Bonchev–Trinajstić information content (AvgIpc) is 2.56. The van der Waals surface area contributed by atoms with Crippen LogP contribution in [-0.4, -0.2) is 17.1 Å². The summed E-state index contributed by atoms with van der Waals surface area (Å²) in [6.07, 6.45) is 0.655. The van der Waals surface area contributed by atoms with E-state index in [2.05, 4.69) is 25.2 Å². The number of carboxylic acid groups (broad SMARTS) is 1. The third kappa shape index (κ3) is 4.10. The van der Waals surface area contributed by atoms with Gasteiger partial charge in [0.25, 0.3) is 0 Å². The number of rotatable bonds is 6. The Morgan fingerprint density at radius 3 is 2.39 bits per heavy atom. The van der Waals surface area contributed by atoms with E-state index in [0.29, 0.717) is 12.3 Å². The standard InChI is InChI=1S/C14H23NO2S/c1-8(2)6-13(14(16)17)15-10(4)12-7-9(3)18-11(12)5/h7-8,10,13,15H,6H2,1-5H3,(H,16,17). The van der Waals surface area contributed by atoms with Gasteiger partial charge in [0.2, 0.25) is 0 Å². The van der Waals surface area contributed by atoms with Crippen molar-refractivity contribution in [2.75, 3.05) is 0 Å². The molecule has 0 fully saturated rings. The first kappa shape index (κ1) is 15.2. The Kier molecular flexibility index (Phi) is 5.35.